The minimum atomic E-state index is -0.101. The summed E-state index contributed by atoms with van der Waals surface area (Å²) in [5, 5.41) is 0.633. The van der Waals surface area contributed by atoms with Gasteiger partial charge in [-0.05, 0) is 41.8 Å². The molecule has 0 fully saturated rings. The lowest BCUT2D eigenvalue weighted by molar-refractivity contribution is 0.0770. The number of rotatable bonds is 6. The Morgan fingerprint density at radius 2 is 1.93 bits per heavy atom. The van der Waals surface area contributed by atoms with Crippen LogP contribution in [-0.4, -0.2) is 28.9 Å². The smallest absolute Gasteiger partial charge is 0.305 e. The monoisotopic (exact) mass is 392 g/mol. The number of carbonyl (C=O) groups is 1. The van der Waals surface area contributed by atoms with E-state index in [4.69, 9.17) is 4.74 Å². The molecule has 2 aromatic carbocycles. The minimum Gasteiger partial charge on any atom is -0.494 e. The van der Waals surface area contributed by atoms with Crippen molar-refractivity contribution in [2.45, 2.75) is 13.0 Å². The lowest BCUT2D eigenvalue weighted by Gasteiger charge is -2.15. The number of hydrogen-bond acceptors (Lipinski definition) is 4. The van der Waals surface area contributed by atoms with E-state index in [-0.39, 0.29) is 10.8 Å². The first-order valence-electron chi connectivity index (χ1n) is 9.10. The molecule has 0 saturated carbocycles. The van der Waals surface area contributed by atoms with Crippen molar-refractivity contribution in [2.75, 3.05) is 13.2 Å². The van der Waals surface area contributed by atoms with E-state index in [1.807, 2.05) is 59.5 Å². The predicted octanol–water partition coefficient (Wildman–Crippen LogP) is 2.10. The number of amides is 1. The number of thiazole rings is 1. The van der Waals surface area contributed by atoms with Crippen molar-refractivity contribution in [2.24, 2.45) is 0 Å². The molecule has 1 aliphatic rings. The Kier molecular flexibility index (Phi) is 5.12. The molecular weight excluding hydrogens is 372 g/mol. The van der Waals surface area contributed by atoms with E-state index in [2.05, 4.69) is 11.6 Å². The lowest BCUT2D eigenvalue weighted by Crippen LogP contribution is -2.26. The summed E-state index contributed by atoms with van der Waals surface area (Å²) in [4.78, 5) is 28.1. The van der Waals surface area contributed by atoms with Crippen LogP contribution in [0.3, 0.4) is 0 Å². The second-order valence-electron chi connectivity index (χ2n) is 6.66. The van der Waals surface area contributed by atoms with Crippen LogP contribution in [-0.2, 0) is 6.54 Å². The molecule has 0 unspecified atom stereocenters. The van der Waals surface area contributed by atoms with Crippen LogP contribution in [0.25, 0.3) is 12.7 Å². The Balaban J connectivity index is 1.29. The number of carbonyl (C=O) groups excluding carboxylic acids is 1. The summed E-state index contributed by atoms with van der Waals surface area (Å²) in [5.41, 5.74) is 2.89. The van der Waals surface area contributed by atoms with Crippen LogP contribution in [0.5, 0.6) is 5.75 Å². The summed E-state index contributed by atoms with van der Waals surface area (Å²) in [6, 6.07) is 15.5. The van der Waals surface area contributed by atoms with Gasteiger partial charge in [0, 0.05) is 18.7 Å². The van der Waals surface area contributed by atoms with Crippen molar-refractivity contribution in [3.05, 3.63) is 84.8 Å². The van der Waals surface area contributed by atoms with Crippen LogP contribution in [0.15, 0.2) is 53.3 Å². The van der Waals surface area contributed by atoms with Gasteiger partial charge in [0.05, 0.1) is 16.5 Å². The van der Waals surface area contributed by atoms with Gasteiger partial charge in [-0.2, -0.15) is 0 Å². The highest BCUT2D eigenvalue weighted by atomic mass is 32.1. The number of H-pyrrole nitrogens is 1. The number of nitrogens with one attached hydrogen (secondary N) is 1. The molecule has 3 aromatic rings. The van der Waals surface area contributed by atoms with Gasteiger partial charge in [-0.3, -0.25) is 9.59 Å². The first-order valence-corrected chi connectivity index (χ1v) is 9.92. The average molecular weight is 392 g/mol. The molecule has 0 saturated heterocycles. The maximum atomic E-state index is 12.3. The van der Waals surface area contributed by atoms with Crippen LogP contribution in [0.1, 0.15) is 27.9 Å². The summed E-state index contributed by atoms with van der Waals surface area (Å²) >= 11 is 1.15. The van der Waals surface area contributed by atoms with E-state index < -0.39 is 0 Å². The third-order valence-electron chi connectivity index (χ3n) is 4.67. The molecule has 0 bridgehead atoms. The van der Waals surface area contributed by atoms with Crippen molar-refractivity contribution in [1.82, 2.24) is 9.88 Å². The Bertz CT molecular complexity index is 1160. The Labute approximate surface area is 166 Å². The molecule has 4 rings (SSSR count). The number of benzene rings is 2. The van der Waals surface area contributed by atoms with Crippen molar-refractivity contribution in [3.63, 3.8) is 0 Å². The zero-order valence-electron chi connectivity index (χ0n) is 15.3. The first kappa shape index (κ1) is 18.3. The third-order valence-corrected chi connectivity index (χ3v) is 5.54. The van der Waals surface area contributed by atoms with Gasteiger partial charge in [0.1, 0.15) is 5.75 Å². The normalized spacial score (nSPS) is 13.8. The van der Waals surface area contributed by atoms with Gasteiger partial charge in [0.25, 0.3) is 5.91 Å². The maximum Gasteiger partial charge on any atom is 0.305 e. The van der Waals surface area contributed by atoms with E-state index >= 15 is 0 Å². The summed E-state index contributed by atoms with van der Waals surface area (Å²) in [6.07, 6.45) is 2.70. The molecule has 0 atom stereocenters. The molecule has 1 N–H and O–H groups in total. The summed E-state index contributed by atoms with van der Waals surface area (Å²) in [7, 11) is 0. The summed E-state index contributed by atoms with van der Waals surface area (Å²) in [5.74, 6) is 0.887. The van der Waals surface area contributed by atoms with E-state index in [9.17, 15) is 9.59 Å². The molecule has 28 heavy (non-hydrogen) atoms. The lowest BCUT2D eigenvalue weighted by atomic mass is 10.1. The SMILES string of the molecule is C=c1[nH]c(=O)s/c1=C\c1ccc(OCCCN2Cc3ccccc3C2=O)cc1. The third kappa shape index (κ3) is 3.92. The Morgan fingerprint density at radius 1 is 1.14 bits per heavy atom. The van der Waals surface area contributed by atoms with Gasteiger partial charge in [0.15, 0.2) is 0 Å². The van der Waals surface area contributed by atoms with Crippen LogP contribution in [0.2, 0.25) is 0 Å². The van der Waals surface area contributed by atoms with Gasteiger partial charge in [-0.1, -0.05) is 48.2 Å². The molecular formula is C22H20N2O3S. The fraction of sp³-hybridized carbons (Fsp3) is 0.182. The molecule has 1 amide bonds. The molecule has 1 aliphatic heterocycles. The van der Waals surface area contributed by atoms with Gasteiger partial charge in [-0.15, -0.1) is 0 Å². The second kappa shape index (κ2) is 7.86. The fourth-order valence-electron chi connectivity index (χ4n) is 3.24. The Hall–Kier alpha value is -3.12. The van der Waals surface area contributed by atoms with E-state index in [0.717, 1.165) is 44.7 Å². The predicted molar refractivity (Wildman–Crippen MR) is 111 cm³/mol. The van der Waals surface area contributed by atoms with Crippen LogP contribution < -0.4 is 19.5 Å². The van der Waals surface area contributed by atoms with Crippen LogP contribution in [0, 0.1) is 0 Å². The minimum absolute atomic E-state index is 0.101. The average Bonchev–Trinajstić information content (AvgIpc) is 3.19. The summed E-state index contributed by atoms with van der Waals surface area (Å²) < 4.78 is 6.62. The van der Waals surface area contributed by atoms with E-state index in [1.54, 1.807) is 0 Å². The highest BCUT2D eigenvalue weighted by molar-refractivity contribution is 7.07. The fourth-order valence-corrected chi connectivity index (χ4v) is 3.98. The maximum absolute atomic E-state index is 12.3. The van der Waals surface area contributed by atoms with Gasteiger partial charge >= 0.3 is 4.87 Å². The molecule has 1 aromatic heterocycles. The van der Waals surface area contributed by atoms with Crippen molar-refractivity contribution in [3.8, 4) is 5.75 Å². The molecule has 0 aliphatic carbocycles. The zero-order valence-corrected chi connectivity index (χ0v) is 16.1. The number of ether oxygens (including phenoxy) is 1. The van der Waals surface area contributed by atoms with E-state index in [1.165, 1.54) is 0 Å². The van der Waals surface area contributed by atoms with Crippen LogP contribution >= 0.6 is 11.3 Å². The van der Waals surface area contributed by atoms with Gasteiger partial charge in [0.2, 0.25) is 0 Å². The molecule has 6 heteroatoms. The highest BCUT2D eigenvalue weighted by Crippen LogP contribution is 2.22. The van der Waals surface area contributed by atoms with Crippen molar-refractivity contribution >= 4 is 29.9 Å². The van der Waals surface area contributed by atoms with Gasteiger partial charge < -0.3 is 14.6 Å². The quantitative estimate of drug-likeness (QED) is 0.654. The van der Waals surface area contributed by atoms with Crippen molar-refractivity contribution in [1.29, 1.82) is 0 Å². The van der Waals surface area contributed by atoms with Gasteiger partial charge in [-0.25, -0.2) is 0 Å². The number of aromatic nitrogens is 1. The first-order chi connectivity index (χ1) is 13.6. The largest absolute Gasteiger partial charge is 0.494 e. The second-order valence-corrected chi connectivity index (χ2v) is 7.67. The standard InChI is InChI=1S/C22H20N2O3S/c1-15-20(28-22(26)23-15)13-16-7-9-18(10-8-16)27-12-4-11-24-14-17-5-2-3-6-19(17)21(24)25/h2-3,5-10,13H,1,4,11-12,14H2,(H,23,26)/b20-13-. The zero-order chi connectivity index (χ0) is 19.5. The number of hydrogen-bond donors (Lipinski definition) is 1. The molecule has 5 nitrogen and oxygen atoms in total. The molecule has 2 heterocycles. The Morgan fingerprint density at radius 3 is 2.64 bits per heavy atom. The molecule has 0 spiro atoms. The number of aromatic amines is 1. The number of nitrogens with zero attached hydrogens (tertiary/aromatic N) is 1. The van der Waals surface area contributed by atoms with E-state index in [0.29, 0.717) is 25.0 Å². The highest BCUT2D eigenvalue weighted by Gasteiger charge is 2.25. The summed E-state index contributed by atoms with van der Waals surface area (Å²) in [6.45, 7) is 5.73. The molecule has 0 radical (unpaired) electrons. The topological polar surface area (TPSA) is 62.4 Å². The van der Waals surface area contributed by atoms with Crippen LogP contribution in [0.4, 0.5) is 0 Å². The number of fused-ring (bicyclic) bond motifs is 1. The molecule has 142 valence electrons. The van der Waals surface area contributed by atoms with Crippen molar-refractivity contribution < 1.29 is 9.53 Å².